The Morgan fingerprint density at radius 1 is 0.933 bits per heavy atom. The predicted octanol–water partition coefficient (Wildman–Crippen LogP) is 6.38. The summed E-state index contributed by atoms with van der Waals surface area (Å²) in [6.45, 7) is 2.12. The largest absolute Gasteiger partial charge is 0.497 e. The molecule has 0 N–H and O–H groups in total. The number of hydrogen-bond acceptors (Lipinski definition) is 2. The number of rotatable bonds is 5. The Morgan fingerprint density at radius 3 is 2.20 bits per heavy atom. The van der Waals surface area contributed by atoms with Gasteiger partial charge in [0.1, 0.15) is 5.75 Å². The van der Waals surface area contributed by atoms with Crippen molar-refractivity contribution in [2.45, 2.75) is 13.3 Å². The van der Waals surface area contributed by atoms with Gasteiger partial charge in [0.05, 0.1) is 12.8 Å². The van der Waals surface area contributed by atoms with Gasteiger partial charge in [-0.1, -0.05) is 54.9 Å². The van der Waals surface area contributed by atoms with Crippen LogP contribution in [0.1, 0.15) is 23.6 Å². The highest BCUT2D eigenvalue weighted by atomic mass is 35.5. The molecular weight excluding hydrogens is 394 g/mol. The molecule has 3 aromatic rings. The van der Waals surface area contributed by atoms with Crippen LogP contribution >= 0.6 is 11.6 Å². The summed E-state index contributed by atoms with van der Waals surface area (Å²) in [6, 6.07) is 23.3. The van der Waals surface area contributed by atoms with E-state index in [4.69, 9.17) is 16.3 Å². The number of halogens is 1. The zero-order valence-corrected chi connectivity index (χ0v) is 17.7. The minimum Gasteiger partial charge on any atom is -0.497 e. The van der Waals surface area contributed by atoms with Crippen molar-refractivity contribution < 1.29 is 9.53 Å². The van der Waals surface area contributed by atoms with E-state index in [2.05, 4.69) is 19.1 Å². The van der Waals surface area contributed by atoms with Crippen LogP contribution in [0.4, 0.5) is 5.69 Å². The lowest BCUT2D eigenvalue weighted by atomic mass is 10.1. The van der Waals surface area contributed by atoms with Gasteiger partial charge >= 0.3 is 0 Å². The third kappa shape index (κ3) is 4.03. The summed E-state index contributed by atoms with van der Waals surface area (Å²) in [6.07, 6.45) is 4.79. The minimum atomic E-state index is -0.0555. The standard InChI is InChI=1S/C26H22ClNO2/c1-3-18-4-12-23(13-5-18)28-25(20-8-10-22(27)11-9-20)17-21(26(28)29)16-19-6-14-24(30-2)15-7-19/h4-17H,3H2,1-2H3/b21-16-. The number of benzene rings is 3. The first-order valence-corrected chi connectivity index (χ1v) is 10.2. The number of hydrogen-bond donors (Lipinski definition) is 0. The normalized spacial score (nSPS) is 14.9. The van der Waals surface area contributed by atoms with Gasteiger partial charge in [0.15, 0.2) is 0 Å². The van der Waals surface area contributed by atoms with Gasteiger partial charge in [-0.05, 0) is 71.7 Å². The number of anilines is 1. The van der Waals surface area contributed by atoms with Gasteiger partial charge in [-0.25, -0.2) is 0 Å². The lowest BCUT2D eigenvalue weighted by Crippen LogP contribution is -2.24. The van der Waals surface area contributed by atoms with Crippen LogP contribution in [-0.2, 0) is 11.2 Å². The first-order valence-electron chi connectivity index (χ1n) is 9.86. The number of aryl methyl sites for hydroxylation is 1. The Kier molecular flexibility index (Phi) is 5.73. The maximum Gasteiger partial charge on any atom is 0.262 e. The van der Waals surface area contributed by atoms with E-state index in [9.17, 15) is 4.79 Å². The first-order chi connectivity index (χ1) is 14.6. The summed E-state index contributed by atoms with van der Waals surface area (Å²) >= 11 is 6.07. The van der Waals surface area contributed by atoms with Gasteiger partial charge < -0.3 is 4.74 Å². The minimum absolute atomic E-state index is 0.0555. The fraction of sp³-hybridized carbons (Fsp3) is 0.115. The molecule has 1 amide bonds. The molecule has 0 spiro atoms. The quantitative estimate of drug-likeness (QED) is 0.452. The lowest BCUT2D eigenvalue weighted by Gasteiger charge is -2.21. The van der Waals surface area contributed by atoms with Crippen molar-refractivity contribution >= 4 is 35.0 Å². The van der Waals surface area contributed by atoms with Crippen molar-refractivity contribution in [1.82, 2.24) is 0 Å². The second kappa shape index (κ2) is 8.60. The van der Waals surface area contributed by atoms with Crippen molar-refractivity contribution in [3.05, 3.63) is 106 Å². The Bertz CT molecular complexity index is 1110. The number of ether oxygens (including phenoxy) is 1. The van der Waals surface area contributed by atoms with E-state index in [1.807, 2.05) is 72.8 Å². The van der Waals surface area contributed by atoms with Crippen molar-refractivity contribution in [3.63, 3.8) is 0 Å². The Balaban J connectivity index is 1.77. The highest BCUT2D eigenvalue weighted by Gasteiger charge is 2.30. The summed E-state index contributed by atoms with van der Waals surface area (Å²) < 4.78 is 5.22. The number of carbonyl (C=O) groups excluding carboxylic acids is 1. The van der Waals surface area contributed by atoms with E-state index in [-0.39, 0.29) is 5.91 Å². The summed E-state index contributed by atoms with van der Waals surface area (Å²) in [5.41, 5.74) is 5.41. The lowest BCUT2D eigenvalue weighted by molar-refractivity contribution is -0.113. The van der Waals surface area contributed by atoms with Crippen molar-refractivity contribution in [2.75, 3.05) is 12.0 Å². The predicted molar refractivity (Wildman–Crippen MR) is 124 cm³/mol. The molecule has 1 aliphatic heterocycles. The molecule has 0 radical (unpaired) electrons. The van der Waals surface area contributed by atoms with Crippen LogP contribution < -0.4 is 9.64 Å². The molecule has 0 saturated heterocycles. The number of methoxy groups -OCH3 is 1. The molecule has 0 atom stereocenters. The topological polar surface area (TPSA) is 29.5 Å². The molecule has 1 heterocycles. The third-order valence-electron chi connectivity index (χ3n) is 5.16. The Morgan fingerprint density at radius 2 is 1.60 bits per heavy atom. The van der Waals surface area contributed by atoms with Gasteiger partial charge in [0.2, 0.25) is 0 Å². The van der Waals surface area contributed by atoms with Crippen molar-refractivity contribution in [1.29, 1.82) is 0 Å². The van der Waals surface area contributed by atoms with E-state index in [1.54, 1.807) is 12.0 Å². The highest BCUT2D eigenvalue weighted by Crippen LogP contribution is 2.35. The van der Waals surface area contributed by atoms with Gasteiger partial charge in [-0.2, -0.15) is 0 Å². The van der Waals surface area contributed by atoms with Crippen molar-refractivity contribution in [2.24, 2.45) is 0 Å². The molecule has 0 bridgehead atoms. The molecule has 0 unspecified atom stereocenters. The molecule has 1 aliphatic rings. The molecule has 150 valence electrons. The van der Waals surface area contributed by atoms with Crippen LogP contribution in [0.3, 0.4) is 0 Å². The van der Waals surface area contributed by atoms with E-state index < -0.39 is 0 Å². The second-order valence-electron chi connectivity index (χ2n) is 7.07. The van der Waals surface area contributed by atoms with Gasteiger partial charge in [0, 0.05) is 16.3 Å². The molecule has 3 nitrogen and oxygen atoms in total. The molecule has 30 heavy (non-hydrogen) atoms. The van der Waals surface area contributed by atoms with Crippen LogP contribution in [0.25, 0.3) is 11.8 Å². The average molecular weight is 416 g/mol. The molecule has 3 aromatic carbocycles. The Labute approximate surface area is 181 Å². The molecule has 0 saturated carbocycles. The van der Waals surface area contributed by atoms with Crippen LogP contribution in [0.5, 0.6) is 5.75 Å². The van der Waals surface area contributed by atoms with Crippen LogP contribution in [-0.4, -0.2) is 13.0 Å². The first kappa shape index (κ1) is 20.0. The number of nitrogens with zero attached hydrogens (tertiary/aromatic N) is 1. The molecule has 0 aliphatic carbocycles. The monoisotopic (exact) mass is 415 g/mol. The van der Waals surface area contributed by atoms with Crippen LogP contribution in [0.15, 0.2) is 84.4 Å². The maximum absolute atomic E-state index is 13.4. The summed E-state index contributed by atoms with van der Waals surface area (Å²) in [4.78, 5) is 15.2. The molecule has 0 aromatic heterocycles. The average Bonchev–Trinajstić information content (AvgIpc) is 3.10. The highest BCUT2D eigenvalue weighted by molar-refractivity contribution is 6.30. The number of amides is 1. The number of carbonyl (C=O) groups is 1. The molecular formula is C26H22ClNO2. The molecule has 4 heteroatoms. The van der Waals surface area contributed by atoms with Crippen LogP contribution in [0, 0.1) is 0 Å². The third-order valence-corrected chi connectivity index (χ3v) is 5.42. The van der Waals surface area contributed by atoms with Gasteiger partial charge in [0.25, 0.3) is 5.91 Å². The Hall–Kier alpha value is -3.30. The van der Waals surface area contributed by atoms with Crippen LogP contribution in [0.2, 0.25) is 5.02 Å². The van der Waals surface area contributed by atoms with E-state index in [0.717, 1.165) is 34.7 Å². The smallest absolute Gasteiger partial charge is 0.262 e. The zero-order valence-electron chi connectivity index (χ0n) is 16.9. The van der Waals surface area contributed by atoms with E-state index in [0.29, 0.717) is 10.6 Å². The van der Waals surface area contributed by atoms with Gasteiger partial charge in [-0.3, -0.25) is 9.69 Å². The summed E-state index contributed by atoms with van der Waals surface area (Å²) in [5, 5.41) is 0.663. The molecule has 4 rings (SSSR count). The summed E-state index contributed by atoms with van der Waals surface area (Å²) in [5.74, 6) is 0.727. The van der Waals surface area contributed by atoms with Crippen molar-refractivity contribution in [3.8, 4) is 5.75 Å². The van der Waals surface area contributed by atoms with Gasteiger partial charge in [-0.15, -0.1) is 0 Å². The second-order valence-corrected chi connectivity index (χ2v) is 7.51. The fourth-order valence-electron chi connectivity index (χ4n) is 3.47. The zero-order chi connectivity index (χ0) is 21.1. The molecule has 0 fully saturated rings. The summed E-state index contributed by atoms with van der Waals surface area (Å²) in [7, 11) is 1.64. The van der Waals surface area contributed by atoms with E-state index in [1.165, 1.54) is 5.56 Å². The van der Waals surface area contributed by atoms with E-state index >= 15 is 0 Å². The SMILES string of the molecule is CCc1ccc(N2C(=O)/C(=C\c3ccc(OC)cc3)C=C2c2ccc(Cl)cc2)cc1. The maximum atomic E-state index is 13.4. The fourth-order valence-corrected chi connectivity index (χ4v) is 3.59.